The lowest BCUT2D eigenvalue weighted by atomic mass is 9.99. The van der Waals surface area contributed by atoms with Gasteiger partial charge in [-0.3, -0.25) is 4.57 Å². The fourth-order valence-corrected chi connectivity index (χ4v) is 7.16. The van der Waals surface area contributed by atoms with Gasteiger partial charge in [-0.2, -0.15) is 9.97 Å². The third-order valence-electron chi connectivity index (χ3n) is 9.11. The molecule has 7 aromatic carbocycles. The first-order valence-electron chi connectivity index (χ1n) is 15.5. The minimum atomic E-state index is 0.601. The molecule has 0 aliphatic carbocycles. The molecule has 0 atom stereocenters. The van der Waals surface area contributed by atoms with Crippen LogP contribution in [-0.2, 0) is 0 Å². The van der Waals surface area contributed by atoms with Crippen molar-refractivity contribution in [2.24, 2.45) is 0 Å². The van der Waals surface area contributed by atoms with Crippen LogP contribution in [0.15, 0.2) is 152 Å². The Morgan fingerprint density at radius 1 is 0.391 bits per heavy atom. The molecule has 0 amide bonds. The highest BCUT2D eigenvalue weighted by molar-refractivity contribution is 6.32. The van der Waals surface area contributed by atoms with Gasteiger partial charge in [0.05, 0.1) is 22.1 Å². The number of para-hydroxylation sites is 2. The lowest BCUT2D eigenvalue weighted by Gasteiger charge is -2.12. The van der Waals surface area contributed by atoms with Crippen LogP contribution in [0.1, 0.15) is 0 Å². The van der Waals surface area contributed by atoms with Crippen molar-refractivity contribution >= 4 is 54.4 Å². The van der Waals surface area contributed by atoms with Crippen LogP contribution in [0.25, 0.3) is 88.8 Å². The minimum absolute atomic E-state index is 0.601. The third-order valence-corrected chi connectivity index (χ3v) is 9.11. The molecule has 10 rings (SSSR count). The van der Waals surface area contributed by atoms with Crippen LogP contribution in [-0.4, -0.2) is 24.1 Å². The summed E-state index contributed by atoms with van der Waals surface area (Å²) in [6.45, 7) is 0. The van der Waals surface area contributed by atoms with E-state index in [1.54, 1.807) is 0 Å². The zero-order valence-electron chi connectivity index (χ0n) is 24.7. The molecule has 214 valence electrons. The highest BCUT2D eigenvalue weighted by atomic mass is 15.2. The van der Waals surface area contributed by atoms with Crippen LogP contribution in [0.4, 0.5) is 0 Å². The zero-order chi connectivity index (χ0) is 30.2. The van der Waals surface area contributed by atoms with E-state index in [9.17, 15) is 0 Å². The van der Waals surface area contributed by atoms with E-state index in [4.69, 9.17) is 15.0 Å². The number of hydrogen-bond donors (Lipinski definition) is 0. The summed E-state index contributed by atoms with van der Waals surface area (Å²) >= 11 is 0. The van der Waals surface area contributed by atoms with Crippen LogP contribution >= 0.6 is 0 Å². The summed E-state index contributed by atoms with van der Waals surface area (Å²) in [6, 6.07) is 53.0. The van der Waals surface area contributed by atoms with Crippen LogP contribution in [0.2, 0.25) is 0 Å². The molecule has 0 unspecified atom stereocenters. The number of aromatic nitrogens is 5. The van der Waals surface area contributed by atoms with Gasteiger partial charge in [-0.25, -0.2) is 4.98 Å². The largest absolute Gasteiger partial charge is 0.309 e. The van der Waals surface area contributed by atoms with Crippen molar-refractivity contribution in [3.63, 3.8) is 0 Å². The van der Waals surface area contributed by atoms with Gasteiger partial charge in [0, 0.05) is 43.7 Å². The van der Waals surface area contributed by atoms with Crippen molar-refractivity contribution in [1.82, 2.24) is 24.1 Å². The Morgan fingerprint density at radius 3 is 1.74 bits per heavy atom. The Kier molecular flexibility index (Phi) is 5.22. The van der Waals surface area contributed by atoms with E-state index >= 15 is 0 Å². The summed E-state index contributed by atoms with van der Waals surface area (Å²) < 4.78 is 4.64. The highest BCUT2D eigenvalue weighted by Crippen LogP contribution is 2.45. The molecular weight excluding hydrogens is 562 g/mol. The maximum atomic E-state index is 5.16. The molecule has 5 nitrogen and oxygen atoms in total. The first kappa shape index (κ1) is 25.0. The second kappa shape index (κ2) is 9.58. The summed E-state index contributed by atoms with van der Waals surface area (Å²) in [7, 11) is 0. The minimum Gasteiger partial charge on any atom is -0.309 e. The summed E-state index contributed by atoms with van der Waals surface area (Å²) in [5.41, 5.74) is 7.58. The Morgan fingerprint density at radius 2 is 1.02 bits per heavy atom. The number of rotatable bonds is 4. The number of hydrogen-bond acceptors (Lipinski definition) is 3. The quantitative estimate of drug-likeness (QED) is 0.193. The first-order valence-corrected chi connectivity index (χ1v) is 15.5. The number of benzene rings is 7. The Bertz CT molecular complexity index is 2670. The van der Waals surface area contributed by atoms with E-state index in [2.05, 4.69) is 124 Å². The van der Waals surface area contributed by atoms with Crippen LogP contribution in [0.3, 0.4) is 0 Å². The maximum absolute atomic E-state index is 5.16. The fourth-order valence-electron chi connectivity index (χ4n) is 7.16. The van der Waals surface area contributed by atoms with Crippen LogP contribution in [0, 0.1) is 0 Å². The second-order valence-corrected chi connectivity index (χ2v) is 11.7. The van der Waals surface area contributed by atoms with Gasteiger partial charge >= 0.3 is 0 Å². The smallest absolute Gasteiger partial charge is 0.238 e. The number of fused-ring (bicyclic) bond motifs is 4. The third kappa shape index (κ3) is 3.54. The van der Waals surface area contributed by atoms with E-state index in [1.807, 2.05) is 36.4 Å². The van der Waals surface area contributed by atoms with Crippen molar-refractivity contribution in [1.29, 1.82) is 0 Å². The van der Waals surface area contributed by atoms with Gasteiger partial charge in [-0.05, 0) is 35.7 Å². The molecule has 3 aromatic heterocycles. The molecule has 0 fully saturated rings. The van der Waals surface area contributed by atoms with Gasteiger partial charge < -0.3 is 4.57 Å². The van der Waals surface area contributed by atoms with Crippen LogP contribution in [0.5, 0.6) is 0 Å². The van der Waals surface area contributed by atoms with Gasteiger partial charge in [0.25, 0.3) is 0 Å². The predicted octanol–water partition coefficient (Wildman–Crippen LogP) is 9.99. The molecule has 46 heavy (non-hydrogen) atoms. The Labute approximate surface area is 264 Å². The van der Waals surface area contributed by atoms with Gasteiger partial charge in [0.15, 0.2) is 11.6 Å². The van der Waals surface area contributed by atoms with Crippen LogP contribution < -0.4 is 0 Å². The number of nitrogens with zero attached hydrogens (tertiary/aromatic N) is 5. The Hall–Kier alpha value is -6.33. The summed E-state index contributed by atoms with van der Waals surface area (Å²) in [6.07, 6.45) is 0. The normalized spacial score (nSPS) is 11.9. The van der Waals surface area contributed by atoms with E-state index in [1.165, 1.54) is 43.4 Å². The standard InChI is InChI=1S/C41H25N5/c1-4-13-27(14-5-1)39-42-40(28-15-6-2-7-16-28)44-41(43-39)46-34-22-12-17-26-23-24-31-37(36(26)34)35(46)25-32-30-20-10-11-21-33(30)45(38(31)32)29-18-8-3-9-19-29/h1-25H. The molecule has 0 spiro atoms. The van der Waals surface area contributed by atoms with Crippen molar-refractivity contribution in [2.75, 3.05) is 0 Å². The van der Waals surface area contributed by atoms with Crippen molar-refractivity contribution in [2.45, 2.75) is 0 Å². The highest BCUT2D eigenvalue weighted by Gasteiger charge is 2.24. The van der Waals surface area contributed by atoms with Gasteiger partial charge in [-0.1, -0.05) is 121 Å². The fraction of sp³-hybridized carbons (Fsp3) is 0. The van der Waals surface area contributed by atoms with E-state index in [0.717, 1.165) is 27.8 Å². The van der Waals surface area contributed by atoms with E-state index in [-0.39, 0.29) is 0 Å². The van der Waals surface area contributed by atoms with E-state index < -0.39 is 0 Å². The summed E-state index contributed by atoms with van der Waals surface area (Å²) in [5, 5.41) is 7.22. The first-order chi connectivity index (χ1) is 22.8. The van der Waals surface area contributed by atoms with Crippen molar-refractivity contribution < 1.29 is 0 Å². The topological polar surface area (TPSA) is 48.5 Å². The van der Waals surface area contributed by atoms with Gasteiger partial charge in [0.1, 0.15) is 0 Å². The van der Waals surface area contributed by atoms with Crippen molar-refractivity contribution in [3.8, 4) is 34.4 Å². The molecule has 0 bridgehead atoms. The predicted molar refractivity (Wildman–Crippen MR) is 188 cm³/mol. The molecule has 3 heterocycles. The lowest BCUT2D eigenvalue weighted by Crippen LogP contribution is -2.06. The lowest BCUT2D eigenvalue weighted by molar-refractivity contribution is 0.954. The average Bonchev–Trinajstić information content (AvgIpc) is 3.65. The molecule has 0 aliphatic heterocycles. The molecule has 0 aliphatic rings. The molecule has 0 N–H and O–H groups in total. The van der Waals surface area contributed by atoms with Gasteiger partial charge in [0.2, 0.25) is 5.95 Å². The maximum Gasteiger partial charge on any atom is 0.238 e. The van der Waals surface area contributed by atoms with Crippen molar-refractivity contribution in [3.05, 3.63) is 152 Å². The molecule has 0 saturated carbocycles. The molecule has 0 radical (unpaired) electrons. The molecular formula is C41H25N5. The molecule has 0 saturated heterocycles. The Balaban J connectivity index is 1.38. The van der Waals surface area contributed by atoms with Gasteiger partial charge in [-0.15, -0.1) is 0 Å². The van der Waals surface area contributed by atoms with E-state index in [0.29, 0.717) is 17.6 Å². The summed E-state index contributed by atoms with van der Waals surface area (Å²) in [5.74, 6) is 1.89. The molecule has 5 heteroatoms. The summed E-state index contributed by atoms with van der Waals surface area (Å²) in [4.78, 5) is 15.3. The second-order valence-electron chi connectivity index (χ2n) is 11.7. The molecule has 10 aromatic rings. The zero-order valence-corrected chi connectivity index (χ0v) is 24.7. The SMILES string of the molecule is c1ccc(-c2nc(-c3ccccc3)nc(-n3c4cccc5ccc6c(c54)c3cc3c4ccccc4n(-c4ccccc4)c36)n2)cc1. The monoisotopic (exact) mass is 587 g/mol. The average molecular weight is 588 g/mol.